The molecule has 0 fully saturated rings. The smallest absolute Gasteiger partial charge is 0.317 e. The van der Waals surface area contributed by atoms with E-state index in [-0.39, 0.29) is 0 Å². The van der Waals surface area contributed by atoms with E-state index in [2.05, 4.69) is 15.8 Å². The topological polar surface area (TPSA) is 70.6 Å². The second kappa shape index (κ2) is 7.56. The molecule has 2 aromatic rings. The van der Waals surface area contributed by atoms with Gasteiger partial charge in [0.05, 0.1) is 6.21 Å². The minimum absolute atomic E-state index is 0.476. The van der Waals surface area contributed by atoms with Gasteiger partial charge < -0.3 is 5.32 Å². The van der Waals surface area contributed by atoms with Crippen LogP contribution in [0.1, 0.15) is 16.7 Å². The van der Waals surface area contributed by atoms with Gasteiger partial charge in [-0.2, -0.15) is 5.10 Å². The van der Waals surface area contributed by atoms with Crippen molar-refractivity contribution >= 4 is 35.3 Å². The van der Waals surface area contributed by atoms with Gasteiger partial charge in [0.1, 0.15) is 0 Å². The molecule has 0 saturated heterocycles. The lowest BCUT2D eigenvalue weighted by atomic mass is 10.2. The fraction of sp³-hybridized carbons (Fsp3) is 0.118. The number of nitrogens with one attached hydrogen (secondary N) is 2. The summed E-state index contributed by atoms with van der Waals surface area (Å²) in [4.78, 5) is 23.6. The predicted octanol–water partition coefficient (Wildman–Crippen LogP) is 3.05. The highest BCUT2D eigenvalue weighted by Crippen LogP contribution is 2.19. The van der Waals surface area contributed by atoms with E-state index in [0.29, 0.717) is 10.7 Å². The molecule has 2 N–H and O–H groups in total. The lowest BCUT2D eigenvalue weighted by molar-refractivity contribution is -0.136. The van der Waals surface area contributed by atoms with Gasteiger partial charge in [0.25, 0.3) is 0 Å². The zero-order chi connectivity index (χ0) is 16.8. The van der Waals surface area contributed by atoms with Gasteiger partial charge in [-0.25, -0.2) is 5.43 Å². The quantitative estimate of drug-likeness (QED) is 0.516. The molecule has 0 atom stereocenters. The molecule has 0 unspecified atom stereocenters. The third kappa shape index (κ3) is 4.93. The van der Waals surface area contributed by atoms with Crippen molar-refractivity contribution in [3.8, 4) is 0 Å². The van der Waals surface area contributed by atoms with Crippen LogP contribution in [0, 0.1) is 13.8 Å². The lowest BCUT2D eigenvalue weighted by Crippen LogP contribution is -2.32. The van der Waals surface area contributed by atoms with Crippen LogP contribution in [0.5, 0.6) is 0 Å². The van der Waals surface area contributed by atoms with Crippen LogP contribution in [0.3, 0.4) is 0 Å². The van der Waals surface area contributed by atoms with Crippen molar-refractivity contribution in [2.75, 3.05) is 5.32 Å². The first-order chi connectivity index (χ1) is 11.0. The van der Waals surface area contributed by atoms with E-state index in [1.54, 1.807) is 25.1 Å². The highest BCUT2D eigenvalue weighted by molar-refractivity contribution is 6.40. The summed E-state index contributed by atoms with van der Waals surface area (Å²) >= 11 is 5.87. The number of hydrazone groups is 1. The van der Waals surface area contributed by atoms with Crippen LogP contribution in [0.25, 0.3) is 0 Å². The Hall–Kier alpha value is -2.66. The number of halogens is 1. The summed E-state index contributed by atoms with van der Waals surface area (Å²) in [5, 5.41) is 6.75. The number of hydrogen-bond donors (Lipinski definition) is 2. The summed E-state index contributed by atoms with van der Waals surface area (Å²) in [7, 11) is 0. The summed E-state index contributed by atoms with van der Waals surface area (Å²) in [5.41, 5.74) is 5.39. The fourth-order valence-electron chi connectivity index (χ4n) is 1.87. The Morgan fingerprint density at radius 3 is 2.61 bits per heavy atom. The number of nitrogens with zero attached hydrogens (tertiary/aromatic N) is 1. The van der Waals surface area contributed by atoms with E-state index in [4.69, 9.17) is 11.6 Å². The standard InChI is InChI=1S/C17H16ClN3O2/c1-11-4-3-5-13(8-11)10-19-21-17(23)16(22)20-15-9-14(18)7-6-12(15)2/h3-10H,1-2H3,(H,20,22)(H,21,23)/b19-10-. The van der Waals surface area contributed by atoms with E-state index >= 15 is 0 Å². The van der Waals surface area contributed by atoms with E-state index in [9.17, 15) is 9.59 Å². The Bertz CT molecular complexity index is 772. The average molecular weight is 330 g/mol. The summed E-state index contributed by atoms with van der Waals surface area (Å²) in [6.45, 7) is 3.76. The van der Waals surface area contributed by atoms with Crippen LogP contribution < -0.4 is 10.7 Å². The molecule has 0 aromatic heterocycles. The van der Waals surface area contributed by atoms with Gasteiger partial charge in [-0.15, -0.1) is 0 Å². The first kappa shape index (κ1) is 16.7. The van der Waals surface area contributed by atoms with Crippen LogP contribution >= 0.6 is 11.6 Å². The van der Waals surface area contributed by atoms with E-state index in [1.165, 1.54) is 6.21 Å². The first-order valence-electron chi connectivity index (χ1n) is 6.93. The molecule has 0 aliphatic heterocycles. The van der Waals surface area contributed by atoms with Crippen molar-refractivity contribution < 1.29 is 9.59 Å². The number of carbonyl (C=O) groups is 2. The number of rotatable bonds is 3. The zero-order valence-corrected chi connectivity index (χ0v) is 13.5. The minimum Gasteiger partial charge on any atom is -0.317 e. The van der Waals surface area contributed by atoms with Crippen molar-refractivity contribution in [3.63, 3.8) is 0 Å². The molecule has 6 heteroatoms. The van der Waals surface area contributed by atoms with Crippen molar-refractivity contribution in [2.24, 2.45) is 5.10 Å². The van der Waals surface area contributed by atoms with Crippen LogP contribution in [-0.4, -0.2) is 18.0 Å². The average Bonchev–Trinajstić information content (AvgIpc) is 2.51. The molecule has 0 aliphatic rings. The van der Waals surface area contributed by atoms with Crippen molar-refractivity contribution in [3.05, 3.63) is 64.2 Å². The Balaban J connectivity index is 1.95. The highest BCUT2D eigenvalue weighted by atomic mass is 35.5. The minimum atomic E-state index is -0.853. The Morgan fingerprint density at radius 2 is 1.87 bits per heavy atom. The maximum Gasteiger partial charge on any atom is 0.329 e. The van der Waals surface area contributed by atoms with Crippen LogP contribution in [0.15, 0.2) is 47.6 Å². The number of anilines is 1. The van der Waals surface area contributed by atoms with Gasteiger partial charge in [-0.3, -0.25) is 9.59 Å². The predicted molar refractivity (Wildman–Crippen MR) is 91.7 cm³/mol. The second-order valence-electron chi connectivity index (χ2n) is 5.03. The molecule has 23 heavy (non-hydrogen) atoms. The van der Waals surface area contributed by atoms with Crippen molar-refractivity contribution in [1.82, 2.24) is 5.43 Å². The number of carbonyl (C=O) groups excluding carboxylic acids is 2. The van der Waals surface area contributed by atoms with Gasteiger partial charge >= 0.3 is 11.8 Å². The van der Waals surface area contributed by atoms with Crippen LogP contribution in [0.4, 0.5) is 5.69 Å². The molecular weight excluding hydrogens is 314 g/mol. The summed E-state index contributed by atoms with van der Waals surface area (Å²) < 4.78 is 0. The largest absolute Gasteiger partial charge is 0.329 e. The molecule has 0 aliphatic carbocycles. The lowest BCUT2D eigenvalue weighted by Gasteiger charge is -2.07. The summed E-state index contributed by atoms with van der Waals surface area (Å²) in [6, 6.07) is 12.6. The van der Waals surface area contributed by atoms with Gasteiger partial charge in [-0.1, -0.05) is 47.5 Å². The highest BCUT2D eigenvalue weighted by Gasteiger charge is 2.14. The maximum atomic E-state index is 11.8. The zero-order valence-electron chi connectivity index (χ0n) is 12.8. The normalized spacial score (nSPS) is 10.6. The van der Waals surface area contributed by atoms with Crippen molar-refractivity contribution in [2.45, 2.75) is 13.8 Å². The number of hydrogen-bond acceptors (Lipinski definition) is 3. The van der Waals surface area contributed by atoms with Gasteiger partial charge in [0.2, 0.25) is 0 Å². The van der Waals surface area contributed by atoms with E-state index in [0.717, 1.165) is 16.7 Å². The third-order valence-corrected chi connectivity index (χ3v) is 3.31. The number of aryl methyl sites for hydroxylation is 2. The second-order valence-corrected chi connectivity index (χ2v) is 5.46. The molecular formula is C17H16ClN3O2. The third-order valence-electron chi connectivity index (χ3n) is 3.08. The maximum absolute atomic E-state index is 11.8. The Labute approximate surface area is 139 Å². The first-order valence-corrected chi connectivity index (χ1v) is 7.31. The molecule has 118 valence electrons. The van der Waals surface area contributed by atoms with Crippen LogP contribution in [-0.2, 0) is 9.59 Å². The van der Waals surface area contributed by atoms with E-state index in [1.807, 2.05) is 31.2 Å². The monoisotopic (exact) mass is 329 g/mol. The molecule has 0 spiro atoms. The number of amides is 2. The SMILES string of the molecule is Cc1cccc(/C=N\NC(=O)C(=O)Nc2cc(Cl)ccc2C)c1. The van der Waals surface area contributed by atoms with Gasteiger partial charge in [-0.05, 0) is 37.1 Å². The van der Waals surface area contributed by atoms with Crippen molar-refractivity contribution in [1.29, 1.82) is 0 Å². The molecule has 0 saturated carbocycles. The molecule has 2 aromatic carbocycles. The van der Waals surface area contributed by atoms with E-state index < -0.39 is 11.8 Å². The fourth-order valence-corrected chi connectivity index (χ4v) is 2.05. The Kier molecular flexibility index (Phi) is 5.49. The summed E-state index contributed by atoms with van der Waals surface area (Å²) in [5.74, 6) is -1.66. The van der Waals surface area contributed by atoms with Crippen LogP contribution in [0.2, 0.25) is 5.02 Å². The molecule has 5 nitrogen and oxygen atoms in total. The molecule has 0 bridgehead atoms. The van der Waals surface area contributed by atoms with Gasteiger partial charge in [0, 0.05) is 10.7 Å². The van der Waals surface area contributed by atoms with Gasteiger partial charge in [0.15, 0.2) is 0 Å². The number of benzene rings is 2. The molecule has 0 radical (unpaired) electrons. The molecule has 2 amide bonds. The molecule has 0 heterocycles. The summed E-state index contributed by atoms with van der Waals surface area (Å²) in [6.07, 6.45) is 1.48. The molecule has 2 rings (SSSR count). The Morgan fingerprint density at radius 1 is 1.09 bits per heavy atom.